The molecule has 2 rings (SSSR count). The van der Waals surface area contributed by atoms with Crippen molar-refractivity contribution in [3.63, 3.8) is 0 Å². The number of hydrogen-bond donors (Lipinski definition) is 1. The van der Waals surface area contributed by atoms with Crippen LogP contribution in [0.15, 0.2) is 12.1 Å². The molecule has 0 amide bonds. The normalized spacial score (nSPS) is 16.1. The van der Waals surface area contributed by atoms with Crippen molar-refractivity contribution in [2.45, 2.75) is 26.2 Å². The molecule has 0 spiro atoms. The number of aryl methyl sites for hydroxylation is 1. The van der Waals surface area contributed by atoms with Crippen LogP contribution in [-0.4, -0.2) is 18.6 Å². The lowest BCUT2D eigenvalue weighted by Crippen LogP contribution is -2.30. The van der Waals surface area contributed by atoms with Crippen LogP contribution in [0.2, 0.25) is 0 Å². The molecule has 0 aliphatic heterocycles. The Balaban J connectivity index is 2.09. The van der Waals surface area contributed by atoms with Crippen molar-refractivity contribution in [1.29, 1.82) is 0 Å². The van der Waals surface area contributed by atoms with E-state index >= 15 is 0 Å². The maximum Gasteiger partial charge on any atom is 0.151 e. The van der Waals surface area contributed by atoms with Crippen molar-refractivity contribution in [3.8, 4) is 0 Å². The predicted molar refractivity (Wildman–Crippen MR) is 64.0 cm³/mol. The fraction of sp³-hybridized carbons (Fsp3) is 0.583. The van der Waals surface area contributed by atoms with Gasteiger partial charge in [0.25, 0.3) is 0 Å². The maximum atomic E-state index is 5.92. The van der Waals surface area contributed by atoms with Crippen LogP contribution in [0.25, 0.3) is 0 Å². The highest BCUT2D eigenvalue weighted by Gasteiger charge is 2.20. The number of aromatic nitrogens is 1. The fourth-order valence-electron chi connectivity index (χ4n) is 2.01. The Labute approximate surface area is 91.3 Å². The lowest BCUT2D eigenvalue weighted by Gasteiger charge is -2.31. The summed E-state index contributed by atoms with van der Waals surface area (Å²) in [5.74, 6) is 1.78. The zero-order valence-corrected chi connectivity index (χ0v) is 9.53. The van der Waals surface area contributed by atoms with Gasteiger partial charge in [-0.3, -0.25) is 0 Å². The predicted octanol–water partition coefficient (Wildman–Crippen LogP) is 2.21. The first kappa shape index (κ1) is 10.3. The smallest absolute Gasteiger partial charge is 0.151 e. The molecule has 0 bridgehead atoms. The van der Waals surface area contributed by atoms with Gasteiger partial charge in [-0.25, -0.2) is 4.98 Å². The van der Waals surface area contributed by atoms with E-state index in [0.717, 1.165) is 29.7 Å². The number of anilines is 2. The molecule has 15 heavy (non-hydrogen) atoms. The van der Waals surface area contributed by atoms with Gasteiger partial charge in [0.05, 0.1) is 5.69 Å². The second kappa shape index (κ2) is 4.09. The van der Waals surface area contributed by atoms with Gasteiger partial charge in [-0.15, -0.1) is 0 Å². The number of nitrogen functional groups attached to an aromatic ring is 1. The van der Waals surface area contributed by atoms with Crippen molar-refractivity contribution in [1.82, 2.24) is 4.98 Å². The largest absolute Gasteiger partial charge is 0.396 e. The highest BCUT2D eigenvalue weighted by atomic mass is 15.2. The van der Waals surface area contributed by atoms with Crippen molar-refractivity contribution >= 4 is 11.5 Å². The molecule has 0 saturated heterocycles. The molecule has 1 heterocycles. The Morgan fingerprint density at radius 1 is 1.47 bits per heavy atom. The van der Waals surface area contributed by atoms with Gasteiger partial charge in [0, 0.05) is 19.3 Å². The monoisotopic (exact) mass is 205 g/mol. The van der Waals surface area contributed by atoms with Gasteiger partial charge in [-0.2, -0.15) is 0 Å². The summed E-state index contributed by atoms with van der Waals surface area (Å²) in [6, 6.07) is 3.89. The van der Waals surface area contributed by atoms with Crippen LogP contribution in [0, 0.1) is 12.8 Å². The third-order valence-electron chi connectivity index (χ3n) is 3.16. The van der Waals surface area contributed by atoms with Crippen LogP contribution < -0.4 is 10.6 Å². The highest BCUT2D eigenvalue weighted by Crippen LogP contribution is 2.29. The molecule has 0 aromatic carbocycles. The second-order valence-electron chi connectivity index (χ2n) is 4.54. The molecule has 1 aromatic rings. The molecular weight excluding hydrogens is 186 g/mol. The van der Waals surface area contributed by atoms with Gasteiger partial charge in [0.15, 0.2) is 5.82 Å². The minimum atomic E-state index is 0.780. The first-order valence-electron chi connectivity index (χ1n) is 5.61. The number of pyridine rings is 1. The van der Waals surface area contributed by atoms with Crippen LogP contribution in [0.3, 0.4) is 0 Å². The van der Waals surface area contributed by atoms with Crippen LogP contribution in [-0.2, 0) is 0 Å². The summed E-state index contributed by atoms with van der Waals surface area (Å²) in [4.78, 5) is 6.67. The van der Waals surface area contributed by atoms with E-state index in [4.69, 9.17) is 5.73 Å². The molecule has 1 aliphatic carbocycles. The summed E-state index contributed by atoms with van der Waals surface area (Å²) in [7, 11) is 2.08. The molecule has 0 radical (unpaired) electrons. The van der Waals surface area contributed by atoms with E-state index in [0.29, 0.717) is 0 Å². The van der Waals surface area contributed by atoms with Gasteiger partial charge >= 0.3 is 0 Å². The molecule has 2 N–H and O–H groups in total. The van der Waals surface area contributed by atoms with E-state index in [2.05, 4.69) is 16.9 Å². The standard InChI is InChI=1S/C12H19N3/c1-9-6-7-11(13)12(14-9)15(2)8-10-4-3-5-10/h6-7,10H,3-5,8,13H2,1-2H3. The Bertz CT molecular complexity index is 345. The van der Waals surface area contributed by atoms with Crippen LogP contribution >= 0.6 is 0 Å². The Morgan fingerprint density at radius 3 is 2.80 bits per heavy atom. The summed E-state index contributed by atoms with van der Waals surface area (Å²) >= 11 is 0. The van der Waals surface area contributed by atoms with Crippen LogP contribution in [0.5, 0.6) is 0 Å². The molecule has 3 nitrogen and oxygen atoms in total. The van der Waals surface area contributed by atoms with Gasteiger partial charge in [-0.05, 0) is 37.8 Å². The first-order chi connectivity index (χ1) is 7.16. The van der Waals surface area contributed by atoms with E-state index in [1.54, 1.807) is 0 Å². The van der Waals surface area contributed by atoms with E-state index in [1.807, 2.05) is 19.1 Å². The fourth-order valence-corrected chi connectivity index (χ4v) is 2.01. The topological polar surface area (TPSA) is 42.1 Å². The van der Waals surface area contributed by atoms with E-state index < -0.39 is 0 Å². The number of nitrogens with zero attached hydrogens (tertiary/aromatic N) is 2. The van der Waals surface area contributed by atoms with E-state index in [9.17, 15) is 0 Å². The van der Waals surface area contributed by atoms with Gasteiger partial charge < -0.3 is 10.6 Å². The van der Waals surface area contributed by atoms with Crippen LogP contribution in [0.4, 0.5) is 11.5 Å². The summed E-state index contributed by atoms with van der Waals surface area (Å²) < 4.78 is 0. The van der Waals surface area contributed by atoms with E-state index in [-0.39, 0.29) is 0 Å². The first-order valence-corrected chi connectivity index (χ1v) is 5.61. The highest BCUT2D eigenvalue weighted by molar-refractivity contribution is 5.62. The molecule has 82 valence electrons. The summed E-state index contributed by atoms with van der Waals surface area (Å²) in [5, 5.41) is 0. The third kappa shape index (κ3) is 2.22. The minimum Gasteiger partial charge on any atom is -0.396 e. The average molecular weight is 205 g/mol. The number of hydrogen-bond acceptors (Lipinski definition) is 3. The number of nitrogens with two attached hydrogens (primary N) is 1. The second-order valence-corrected chi connectivity index (χ2v) is 4.54. The lowest BCUT2D eigenvalue weighted by atomic mass is 9.85. The zero-order chi connectivity index (χ0) is 10.8. The van der Waals surface area contributed by atoms with Crippen molar-refractivity contribution in [2.24, 2.45) is 5.92 Å². The molecule has 1 fully saturated rings. The zero-order valence-electron chi connectivity index (χ0n) is 9.53. The summed E-state index contributed by atoms with van der Waals surface area (Å²) in [6.45, 7) is 3.08. The Kier molecular flexibility index (Phi) is 2.80. The molecule has 1 aromatic heterocycles. The molecule has 1 saturated carbocycles. The van der Waals surface area contributed by atoms with Gasteiger partial charge in [-0.1, -0.05) is 6.42 Å². The van der Waals surface area contributed by atoms with Crippen molar-refractivity contribution in [3.05, 3.63) is 17.8 Å². The SMILES string of the molecule is Cc1ccc(N)c(N(C)CC2CCC2)n1. The van der Waals surface area contributed by atoms with Crippen LogP contribution in [0.1, 0.15) is 25.0 Å². The van der Waals surface area contributed by atoms with E-state index in [1.165, 1.54) is 19.3 Å². The molecule has 0 unspecified atom stereocenters. The van der Waals surface area contributed by atoms with Crippen molar-refractivity contribution in [2.75, 3.05) is 24.2 Å². The number of rotatable bonds is 3. The Morgan fingerprint density at radius 2 is 2.20 bits per heavy atom. The summed E-state index contributed by atoms with van der Waals surface area (Å²) in [6.07, 6.45) is 4.10. The minimum absolute atomic E-state index is 0.780. The molecule has 0 atom stereocenters. The molecular formula is C12H19N3. The summed E-state index contributed by atoms with van der Waals surface area (Å²) in [5.41, 5.74) is 7.73. The third-order valence-corrected chi connectivity index (χ3v) is 3.16. The van der Waals surface area contributed by atoms with Crippen molar-refractivity contribution < 1.29 is 0 Å². The average Bonchev–Trinajstić information content (AvgIpc) is 2.15. The van der Waals surface area contributed by atoms with Gasteiger partial charge in [0.1, 0.15) is 0 Å². The maximum absolute atomic E-state index is 5.92. The van der Waals surface area contributed by atoms with Gasteiger partial charge in [0.2, 0.25) is 0 Å². The molecule has 3 heteroatoms. The Hall–Kier alpha value is -1.25. The quantitative estimate of drug-likeness (QED) is 0.822. The lowest BCUT2D eigenvalue weighted by molar-refractivity contribution is 0.321. The molecule has 1 aliphatic rings.